The van der Waals surface area contributed by atoms with Gasteiger partial charge < -0.3 is 10.1 Å². The summed E-state index contributed by atoms with van der Waals surface area (Å²) in [5, 5.41) is 6.40. The van der Waals surface area contributed by atoms with Gasteiger partial charge in [-0.15, -0.1) is 22.7 Å². The summed E-state index contributed by atoms with van der Waals surface area (Å²) in [6, 6.07) is 23.8. The van der Waals surface area contributed by atoms with Crippen molar-refractivity contribution in [2.24, 2.45) is 0 Å². The van der Waals surface area contributed by atoms with Crippen LogP contribution >= 0.6 is 22.7 Å². The highest BCUT2D eigenvalue weighted by atomic mass is 32.1. The minimum atomic E-state index is -0.388. The van der Waals surface area contributed by atoms with Crippen LogP contribution in [0.15, 0.2) is 78.2 Å². The maximum absolute atomic E-state index is 13.8. The Labute approximate surface area is 234 Å². The second-order valence-electron chi connectivity index (χ2n) is 9.38. The zero-order valence-corrected chi connectivity index (χ0v) is 23.1. The Hall–Kier alpha value is -3.85. The number of amides is 1. The number of carbonyl (C=O) groups is 2. The Morgan fingerprint density at radius 2 is 1.87 bits per heavy atom. The number of ether oxygens (including phenoxy) is 1. The molecule has 0 bridgehead atoms. The SMILES string of the molecule is CCOC(=O)c1c(NC(=O)c2cc(-c3cccs3)nc3ccccc23)sc2c1CCN(Cc1ccccc1)C2. The molecule has 2 aromatic carbocycles. The lowest BCUT2D eigenvalue weighted by Crippen LogP contribution is -2.29. The number of hydrogen-bond donors (Lipinski definition) is 1. The molecule has 196 valence electrons. The summed E-state index contributed by atoms with van der Waals surface area (Å²) >= 11 is 3.05. The number of nitrogens with zero attached hydrogens (tertiary/aromatic N) is 2. The second kappa shape index (κ2) is 11.1. The number of hydrogen-bond acceptors (Lipinski definition) is 7. The minimum Gasteiger partial charge on any atom is -0.462 e. The lowest BCUT2D eigenvalue weighted by Gasteiger charge is -2.27. The fourth-order valence-electron chi connectivity index (χ4n) is 5.02. The molecule has 6 rings (SSSR count). The Morgan fingerprint density at radius 1 is 1.05 bits per heavy atom. The Balaban J connectivity index is 1.34. The Kier molecular flexibility index (Phi) is 7.24. The summed E-state index contributed by atoms with van der Waals surface area (Å²) in [5.74, 6) is -0.655. The molecular weight excluding hydrogens is 526 g/mol. The van der Waals surface area contributed by atoms with E-state index in [0.717, 1.165) is 58.0 Å². The fraction of sp³-hybridized carbons (Fsp3) is 0.194. The van der Waals surface area contributed by atoms with E-state index in [9.17, 15) is 9.59 Å². The summed E-state index contributed by atoms with van der Waals surface area (Å²) in [4.78, 5) is 36.2. The van der Waals surface area contributed by atoms with Gasteiger partial charge >= 0.3 is 5.97 Å². The standard InChI is InChI=1S/C31H27N3O3S2/c1-2-37-31(36)28-22-14-15-34(18-20-9-4-3-5-10-20)19-27(22)39-30(28)33-29(35)23-17-25(26-13-8-16-38-26)32-24-12-7-6-11-21(23)24/h3-13,16-17H,2,14-15,18-19H2,1H3,(H,33,35). The molecule has 0 spiro atoms. The van der Waals surface area contributed by atoms with Crippen molar-refractivity contribution in [1.29, 1.82) is 0 Å². The third-order valence-corrected chi connectivity index (χ3v) is 8.85. The van der Waals surface area contributed by atoms with Crippen LogP contribution in [0.25, 0.3) is 21.5 Å². The van der Waals surface area contributed by atoms with E-state index in [0.29, 0.717) is 16.1 Å². The molecule has 6 nitrogen and oxygen atoms in total. The van der Waals surface area contributed by atoms with Gasteiger partial charge in [-0.1, -0.05) is 54.6 Å². The van der Waals surface area contributed by atoms with Gasteiger partial charge in [-0.3, -0.25) is 9.69 Å². The van der Waals surface area contributed by atoms with E-state index in [1.54, 1.807) is 18.3 Å². The van der Waals surface area contributed by atoms with E-state index in [1.807, 2.05) is 53.9 Å². The van der Waals surface area contributed by atoms with Crippen molar-refractivity contribution in [1.82, 2.24) is 9.88 Å². The van der Waals surface area contributed by atoms with Crippen molar-refractivity contribution in [2.45, 2.75) is 26.4 Å². The molecule has 0 saturated heterocycles. The summed E-state index contributed by atoms with van der Waals surface area (Å²) in [5.41, 5.74) is 4.75. The molecular formula is C31H27N3O3S2. The fourth-order valence-corrected chi connectivity index (χ4v) is 6.98. The highest BCUT2D eigenvalue weighted by Gasteiger charge is 2.30. The number of para-hydroxylation sites is 1. The van der Waals surface area contributed by atoms with Crippen LogP contribution in [0.2, 0.25) is 0 Å². The van der Waals surface area contributed by atoms with Gasteiger partial charge in [-0.25, -0.2) is 9.78 Å². The lowest BCUT2D eigenvalue weighted by molar-refractivity contribution is 0.0526. The number of rotatable bonds is 7. The zero-order chi connectivity index (χ0) is 26.8. The van der Waals surface area contributed by atoms with Crippen molar-refractivity contribution >= 4 is 50.5 Å². The van der Waals surface area contributed by atoms with E-state index >= 15 is 0 Å². The van der Waals surface area contributed by atoms with E-state index in [-0.39, 0.29) is 18.5 Å². The molecule has 5 aromatic rings. The van der Waals surface area contributed by atoms with Crippen molar-refractivity contribution in [3.05, 3.63) is 105 Å². The molecule has 1 N–H and O–H groups in total. The van der Waals surface area contributed by atoms with Gasteiger partial charge in [-0.2, -0.15) is 0 Å². The van der Waals surface area contributed by atoms with E-state index < -0.39 is 0 Å². The number of anilines is 1. The first kappa shape index (κ1) is 25.4. The van der Waals surface area contributed by atoms with E-state index in [4.69, 9.17) is 9.72 Å². The lowest BCUT2D eigenvalue weighted by atomic mass is 10.0. The summed E-state index contributed by atoms with van der Waals surface area (Å²) in [6.07, 6.45) is 0.726. The first-order chi connectivity index (χ1) is 19.1. The number of carbonyl (C=O) groups excluding carboxylic acids is 2. The number of pyridine rings is 1. The monoisotopic (exact) mass is 553 g/mol. The predicted molar refractivity (Wildman–Crippen MR) is 158 cm³/mol. The van der Waals surface area contributed by atoms with E-state index in [2.05, 4.69) is 34.5 Å². The van der Waals surface area contributed by atoms with Crippen molar-refractivity contribution in [3.8, 4) is 10.6 Å². The highest BCUT2D eigenvalue weighted by molar-refractivity contribution is 7.17. The second-order valence-corrected chi connectivity index (χ2v) is 11.4. The molecule has 3 aromatic heterocycles. The van der Waals surface area contributed by atoms with Crippen LogP contribution in [0.3, 0.4) is 0 Å². The molecule has 0 fully saturated rings. The largest absolute Gasteiger partial charge is 0.462 e. The Morgan fingerprint density at radius 3 is 2.67 bits per heavy atom. The maximum atomic E-state index is 13.8. The predicted octanol–water partition coefficient (Wildman–Crippen LogP) is 7.01. The van der Waals surface area contributed by atoms with Crippen LogP contribution in [0.4, 0.5) is 5.00 Å². The number of aromatic nitrogens is 1. The van der Waals surface area contributed by atoms with Gasteiger partial charge in [0.2, 0.25) is 0 Å². The topological polar surface area (TPSA) is 71.5 Å². The van der Waals surface area contributed by atoms with Gasteiger partial charge in [0, 0.05) is 29.9 Å². The number of nitrogens with one attached hydrogen (secondary N) is 1. The molecule has 4 heterocycles. The number of fused-ring (bicyclic) bond motifs is 2. The van der Waals surface area contributed by atoms with Crippen LogP contribution in [-0.2, 0) is 24.2 Å². The quantitative estimate of drug-likeness (QED) is 0.220. The van der Waals surface area contributed by atoms with Crippen LogP contribution in [0.1, 0.15) is 43.6 Å². The van der Waals surface area contributed by atoms with Crippen molar-refractivity contribution in [3.63, 3.8) is 0 Å². The molecule has 0 unspecified atom stereocenters. The molecule has 0 atom stereocenters. The average Bonchev–Trinajstić information content (AvgIpc) is 3.61. The third-order valence-electron chi connectivity index (χ3n) is 6.83. The molecule has 1 aliphatic heterocycles. The van der Waals surface area contributed by atoms with Gasteiger partial charge in [-0.05, 0) is 48.1 Å². The normalized spacial score (nSPS) is 13.3. The van der Waals surface area contributed by atoms with Gasteiger partial charge in [0.15, 0.2) is 0 Å². The maximum Gasteiger partial charge on any atom is 0.341 e. The number of thiophene rings is 2. The van der Waals surface area contributed by atoms with Gasteiger partial charge in [0.05, 0.1) is 33.8 Å². The zero-order valence-electron chi connectivity index (χ0n) is 21.5. The van der Waals surface area contributed by atoms with Crippen LogP contribution < -0.4 is 5.32 Å². The summed E-state index contributed by atoms with van der Waals surface area (Å²) in [6.45, 7) is 4.46. The highest BCUT2D eigenvalue weighted by Crippen LogP contribution is 2.39. The smallest absolute Gasteiger partial charge is 0.341 e. The summed E-state index contributed by atoms with van der Waals surface area (Å²) < 4.78 is 5.44. The first-order valence-electron chi connectivity index (χ1n) is 12.9. The van der Waals surface area contributed by atoms with Crippen LogP contribution in [-0.4, -0.2) is 34.9 Å². The van der Waals surface area contributed by atoms with Crippen molar-refractivity contribution in [2.75, 3.05) is 18.5 Å². The molecule has 39 heavy (non-hydrogen) atoms. The number of benzene rings is 2. The van der Waals surface area contributed by atoms with E-state index in [1.165, 1.54) is 16.9 Å². The molecule has 0 aliphatic carbocycles. The summed E-state index contributed by atoms with van der Waals surface area (Å²) in [7, 11) is 0. The van der Waals surface area contributed by atoms with Gasteiger partial charge in [0.1, 0.15) is 5.00 Å². The Bertz CT molecular complexity index is 1640. The minimum absolute atomic E-state index is 0.267. The molecule has 1 amide bonds. The molecule has 8 heteroatoms. The van der Waals surface area contributed by atoms with Crippen molar-refractivity contribution < 1.29 is 14.3 Å². The molecule has 0 radical (unpaired) electrons. The third kappa shape index (κ3) is 5.23. The first-order valence-corrected chi connectivity index (χ1v) is 14.6. The van der Waals surface area contributed by atoms with Crippen LogP contribution in [0.5, 0.6) is 0 Å². The molecule has 1 aliphatic rings. The van der Waals surface area contributed by atoms with Gasteiger partial charge in [0.25, 0.3) is 5.91 Å². The average molecular weight is 554 g/mol. The van der Waals surface area contributed by atoms with Crippen LogP contribution in [0, 0.1) is 0 Å². The molecule has 0 saturated carbocycles. The number of esters is 1.